The fraction of sp³-hybridized carbons (Fsp3) is 0.409. The minimum absolute atomic E-state index is 0.130. The average molecular weight is 418 g/mol. The Hall–Kier alpha value is -1.75. The maximum absolute atomic E-state index is 12.0. The number of carbonyl (C=O) groups excluding carboxylic acids is 1. The van der Waals surface area contributed by atoms with Crippen LogP contribution in [0.2, 0.25) is 10.0 Å². The molecule has 6 heteroatoms. The predicted octanol–water partition coefficient (Wildman–Crippen LogP) is 4.66. The Kier molecular flexibility index (Phi) is 5.81. The van der Waals surface area contributed by atoms with Crippen molar-refractivity contribution in [2.45, 2.75) is 19.3 Å². The van der Waals surface area contributed by atoms with Crippen molar-refractivity contribution in [3.05, 3.63) is 58.1 Å². The van der Waals surface area contributed by atoms with E-state index in [1.54, 1.807) is 6.92 Å². The van der Waals surface area contributed by atoms with Gasteiger partial charge in [-0.25, -0.2) is 0 Å². The molecule has 1 atom stereocenters. The molecule has 2 aromatic carbocycles. The van der Waals surface area contributed by atoms with Gasteiger partial charge < -0.3 is 9.80 Å². The molecular formula is C22H25Cl2N3O. The number of amides is 1. The second-order valence-corrected chi connectivity index (χ2v) is 8.42. The smallest absolute Gasteiger partial charge is 0.223 e. The first kappa shape index (κ1) is 19.6. The molecule has 4 rings (SSSR count). The van der Waals surface area contributed by atoms with E-state index in [4.69, 9.17) is 23.2 Å². The van der Waals surface area contributed by atoms with Gasteiger partial charge in [0.1, 0.15) is 0 Å². The number of rotatable bonds is 4. The highest BCUT2D eigenvalue weighted by Crippen LogP contribution is 2.38. The van der Waals surface area contributed by atoms with Gasteiger partial charge in [0.25, 0.3) is 0 Å². The molecule has 0 saturated carbocycles. The van der Waals surface area contributed by atoms with Crippen LogP contribution in [0.5, 0.6) is 0 Å². The van der Waals surface area contributed by atoms with Crippen LogP contribution >= 0.6 is 23.2 Å². The minimum Gasteiger partial charge on any atom is -0.369 e. The summed E-state index contributed by atoms with van der Waals surface area (Å²) in [6.45, 7) is 7.55. The molecule has 1 amide bonds. The number of hydrogen-bond acceptors (Lipinski definition) is 3. The minimum atomic E-state index is 0.130. The summed E-state index contributed by atoms with van der Waals surface area (Å²) in [7, 11) is 0. The number of benzene rings is 2. The van der Waals surface area contributed by atoms with Gasteiger partial charge in [-0.1, -0.05) is 41.4 Å². The zero-order chi connectivity index (χ0) is 19.7. The van der Waals surface area contributed by atoms with Crippen LogP contribution in [0, 0.1) is 0 Å². The molecule has 1 saturated heterocycles. The summed E-state index contributed by atoms with van der Waals surface area (Å²) in [4.78, 5) is 18.8. The summed E-state index contributed by atoms with van der Waals surface area (Å²) >= 11 is 12.2. The van der Waals surface area contributed by atoms with Crippen molar-refractivity contribution in [3.8, 4) is 0 Å². The van der Waals surface area contributed by atoms with Crippen molar-refractivity contribution in [1.29, 1.82) is 0 Å². The van der Waals surface area contributed by atoms with E-state index in [9.17, 15) is 4.79 Å². The zero-order valence-corrected chi connectivity index (χ0v) is 17.6. The molecule has 2 heterocycles. The van der Waals surface area contributed by atoms with Crippen LogP contribution in [0.1, 0.15) is 24.8 Å². The Bertz CT molecular complexity index is 865. The van der Waals surface area contributed by atoms with Gasteiger partial charge in [0.05, 0.1) is 10.0 Å². The van der Waals surface area contributed by atoms with Gasteiger partial charge in [0, 0.05) is 56.9 Å². The van der Waals surface area contributed by atoms with Crippen molar-refractivity contribution in [2.24, 2.45) is 0 Å². The SMILES string of the molecule is CC(=O)N1CC(CCN2CCN(c3ccc(Cl)c(Cl)c3)CC2)c2ccccc21. The summed E-state index contributed by atoms with van der Waals surface area (Å²) in [5.41, 5.74) is 3.53. The standard InChI is InChI=1S/C22H25Cl2N3O/c1-16(28)27-15-17(19-4-2-3-5-22(19)27)8-9-25-10-12-26(13-11-25)18-6-7-20(23)21(24)14-18/h2-7,14,17H,8-13,15H2,1H3. The van der Waals surface area contributed by atoms with Gasteiger partial charge in [0.2, 0.25) is 5.91 Å². The molecule has 0 spiro atoms. The third-order valence-corrected chi connectivity index (χ3v) is 6.62. The molecule has 2 aromatic rings. The van der Waals surface area contributed by atoms with Crippen LogP contribution in [-0.4, -0.2) is 50.1 Å². The fourth-order valence-corrected chi connectivity index (χ4v) is 4.58. The van der Waals surface area contributed by atoms with E-state index in [0.29, 0.717) is 16.0 Å². The van der Waals surface area contributed by atoms with Crippen molar-refractivity contribution in [1.82, 2.24) is 4.90 Å². The number of piperazine rings is 1. The second-order valence-electron chi connectivity index (χ2n) is 7.60. The largest absolute Gasteiger partial charge is 0.369 e. The summed E-state index contributed by atoms with van der Waals surface area (Å²) in [5.74, 6) is 0.554. The van der Waals surface area contributed by atoms with E-state index in [0.717, 1.165) is 57.1 Å². The molecule has 0 aromatic heterocycles. The van der Waals surface area contributed by atoms with E-state index in [2.05, 4.69) is 28.0 Å². The lowest BCUT2D eigenvalue weighted by Gasteiger charge is -2.36. The van der Waals surface area contributed by atoms with Crippen molar-refractivity contribution in [2.75, 3.05) is 49.1 Å². The molecule has 0 aliphatic carbocycles. The molecule has 1 fully saturated rings. The highest BCUT2D eigenvalue weighted by Gasteiger charge is 2.30. The van der Waals surface area contributed by atoms with Crippen LogP contribution < -0.4 is 9.80 Å². The van der Waals surface area contributed by atoms with Crippen molar-refractivity contribution in [3.63, 3.8) is 0 Å². The number of carbonyl (C=O) groups is 1. The predicted molar refractivity (Wildman–Crippen MR) is 117 cm³/mol. The van der Waals surface area contributed by atoms with E-state index >= 15 is 0 Å². The van der Waals surface area contributed by atoms with Gasteiger partial charge in [0.15, 0.2) is 0 Å². The van der Waals surface area contributed by atoms with E-state index in [-0.39, 0.29) is 5.91 Å². The number of halogens is 2. The lowest BCUT2D eigenvalue weighted by atomic mass is 9.97. The van der Waals surface area contributed by atoms with Crippen LogP contribution in [0.15, 0.2) is 42.5 Å². The molecule has 28 heavy (non-hydrogen) atoms. The quantitative estimate of drug-likeness (QED) is 0.723. The third-order valence-electron chi connectivity index (χ3n) is 5.88. The lowest BCUT2D eigenvalue weighted by molar-refractivity contribution is -0.116. The Labute approximate surface area is 176 Å². The Balaban J connectivity index is 1.32. The molecule has 2 aliphatic rings. The fourth-order valence-electron chi connectivity index (χ4n) is 4.29. The number of anilines is 2. The Morgan fingerprint density at radius 1 is 1.04 bits per heavy atom. The highest BCUT2D eigenvalue weighted by molar-refractivity contribution is 6.42. The number of para-hydroxylation sites is 1. The van der Waals surface area contributed by atoms with E-state index in [1.807, 2.05) is 29.2 Å². The summed E-state index contributed by atoms with van der Waals surface area (Å²) < 4.78 is 0. The topological polar surface area (TPSA) is 26.8 Å². The van der Waals surface area contributed by atoms with Gasteiger partial charge in [-0.05, 0) is 42.8 Å². The second kappa shape index (κ2) is 8.32. The van der Waals surface area contributed by atoms with Gasteiger partial charge >= 0.3 is 0 Å². The van der Waals surface area contributed by atoms with Gasteiger partial charge in [-0.3, -0.25) is 9.69 Å². The third kappa shape index (κ3) is 4.00. The molecule has 0 N–H and O–H groups in total. The van der Waals surface area contributed by atoms with Crippen LogP contribution in [0.3, 0.4) is 0 Å². The molecule has 148 valence electrons. The molecule has 0 radical (unpaired) electrons. The lowest BCUT2D eigenvalue weighted by Crippen LogP contribution is -2.46. The van der Waals surface area contributed by atoms with E-state index < -0.39 is 0 Å². The summed E-state index contributed by atoms with van der Waals surface area (Å²) in [5, 5.41) is 1.21. The number of hydrogen-bond donors (Lipinski definition) is 0. The van der Waals surface area contributed by atoms with E-state index in [1.165, 1.54) is 5.56 Å². The van der Waals surface area contributed by atoms with Crippen molar-refractivity contribution >= 4 is 40.5 Å². The van der Waals surface area contributed by atoms with Gasteiger partial charge in [-0.15, -0.1) is 0 Å². The Morgan fingerprint density at radius 3 is 2.50 bits per heavy atom. The van der Waals surface area contributed by atoms with Gasteiger partial charge in [-0.2, -0.15) is 0 Å². The van der Waals surface area contributed by atoms with Crippen LogP contribution in [-0.2, 0) is 4.79 Å². The van der Waals surface area contributed by atoms with Crippen LogP contribution in [0.4, 0.5) is 11.4 Å². The first-order valence-corrected chi connectivity index (χ1v) is 10.6. The molecule has 0 bridgehead atoms. The zero-order valence-electron chi connectivity index (χ0n) is 16.1. The van der Waals surface area contributed by atoms with Crippen molar-refractivity contribution < 1.29 is 4.79 Å². The number of nitrogens with zero attached hydrogens (tertiary/aromatic N) is 3. The first-order chi connectivity index (χ1) is 13.5. The maximum atomic E-state index is 12.0. The molecular weight excluding hydrogens is 393 g/mol. The monoisotopic (exact) mass is 417 g/mol. The Morgan fingerprint density at radius 2 is 1.79 bits per heavy atom. The normalized spacial score (nSPS) is 19.8. The summed E-state index contributed by atoms with van der Waals surface area (Å²) in [6, 6.07) is 14.2. The first-order valence-electron chi connectivity index (χ1n) is 9.82. The average Bonchev–Trinajstić information content (AvgIpc) is 3.08. The van der Waals surface area contributed by atoms with Crippen LogP contribution in [0.25, 0.3) is 0 Å². The highest BCUT2D eigenvalue weighted by atomic mass is 35.5. The molecule has 2 aliphatic heterocycles. The number of fused-ring (bicyclic) bond motifs is 1. The molecule has 4 nitrogen and oxygen atoms in total. The maximum Gasteiger partial charge on any atom is 0.223 e. The summed E-state index contributed by atoms with van der Waals surface area (Å²) in [6.07, 6.45) is 1.08. The molecule has 1 unspecified atom stereocenters.